The molecule has 1 saturated heterocycles. The second kappa shape index (κ2) is 6.48. The molecule has 1 aromatic rings. The number of nitrogens with one attached hydrogen (secondary N) is 1. The number of aryl methyl sites for hydroxylation is 1. The van der Waals surface area contributed by atoms with Crippen LogP contribution in [0.25, 0.3) is 0 Å². The molecule has 0 saturated carbocycles. The minimum atomic E-state index is -1.00. The summed E-state index contributed by atoms with van der Waals surface area (Å²) in [6.45, 7) is 6.68. The third-order valence-electron chi connectivity index (χ3n) is 4.17. The molecule has 120 valence electrons. The molecule has 0 radical (unpaired) electrons. The molecule has 0 unspecified atom stereocenters. The Morgan fingerprint density at radius 2 is 1.91 bits per heavy atom. The van der Waals surface area contributed by atoms with E-state index in [2.05, 4.69) is 38.2 Å². The van der Waals surface area contributed by atoms with Crippen molar-refractivity contribution < 1.29 is 19.4 Å². The fourth-order valence-corrected chi connectivity index (χ4v) is 2.86. The minimum absolute atomic E-state index is 0.203. The molecule has 2 N–H and O–H groups in total. The van der Waals surface area contributed by atoms with Crippen LogP contribution in [0.2, 0.25) is 0 Å². The molecule has 0 aliphatic carbocycles. The van der Waals surface area contributed by atoms with Crippen molar-refractivity contribution in [1.82, 2.24) is 5.32 Å². The van der Waals surface area contributed by atoms with Gasteiger partial charge in [0.15, 0.2) is 6.10 Å². The Labute approximate surface area is 130 Å². The molecule has 1 aliphatic rings. The summed E-state index contributed by atoms with van der Waals surface area (Å²) in [5.41, 5.74) is 2.17. The maximum atomic E-state index is 12.1. The van der Waals surface area contributed by atoms with Crippen LogP contribution >= 0.6 is 0 Å². The smallest absolute Gasteiger partial charge is 0.332 e. The van der Waals surface area contributed by atoms with Crippen molar-refractivity contribution in [3.63, 3.8) is 0 Å². The summed E-state index contributed by atoms with van der Waals surface area (Å²) in [7, 11) is 0. The van der Waals surface area contributed by atoms with Crippen LogP contribution in [0.4, 0.5) is 0 Å². The van der Waals surface area contributed by atoms with Crippen LogP contribution in [0, 0.1) is 6.92 Å². The summed E-state index contributed by atoms with van der Waals surface area (Å²) in [4.78, 5) is 23.0. The SMILES string of the molecule is Cc1ccccc1C(C)(C)CNC(=O)[C@@H]1CC[C@H](C(=O)O)O1. The van der Waals surface area contributed by atoms with E-state index < -0.39 is 18.2 Å². The van der Waals surface area contributed by atoms with Gasteiger partial charge in [0.05, 0.1) is 0 Å². The fourth-order valence-electron chi connectivity index (χ4n) is 2.86. The highest BCUT2D eigenvalue weighted by atomic mass is 16.5. The molecule has 5 nitrogen and oxygen atoms in total. The quantitative estimate of drug-likeness (QED) is 0.872. The number of carbonyl (C=O) groups is 2. The lowest BCUT2D eigenvalue weighted by atomic mass is 9.82. The minimum Gasteiger partial charge on any atom is -0.479 e. The zero-order valence-corrected chi connectivity index (χ0v) is 13.3. The third-order valence-corrected chi connectivity index (χ3v) is 4.17. The number of benzene rings is 1. The molecule has 5 heteroatoms. The number of rotatable bonds is 5. The number of carboxylic acids is 1. The number of ether oxygens (including phenoxy) is 1. The number of carbonyl (C=O) groups excluding carboxylic acids is 1. The summed E-state index contributed by atoms with van der Waals surface area (Å²) in [6.07, 6.45) is -0.684. The third kappa shape index (κ3) is 3.65. The van der Waals surface area contributed by atoms with Gasteiger partial charge in [0.25, 0.3) is 0 Å². The van der Waals surface area contributed by atoms with Crippen LogP contribution in [0.3, 0.4) is 0 Å². The predicted molar refractivity (Wildman–Crippen MR) is 82.7 cm³/mol. The van der Waals surface area contributed by atoms with E-state index >= 15 is 0 Å². The topological polar surface area (TPSA) is 75.6 Å². The molecular formula is C17H23NO4. The Morgan fingerprint density at radius 1 is 1.27 bits per heavy atom. The van der Waals surface area contributed by atoms with Crippen molar-refractivity contribution >= 4 is 11.9 Å². The van der Waals surface area contributed by atoms with Gasteiger partial charge < -0.3 is 15.2 Å². The zero-order valence-electron chi connectivity index (χ0n) is 13.3. The van der Waals surface area contributed by atoms with Gasteiger partial charge in [-0.2, -0.15) is 0 Å². The highest BCUT2D eigenvalue weighted by Gasteiger charge is 2.35. The molecule has 2 rings (SSSR count). The molecule has 1 amide bonds. The van der Waals surface area contributed by atoms with E-state index in [1.807, 2.05) is 12.1 Å². The molecule has 1 heterocycles. The zero-order chi connectivity index (χ0) is 16.3. The first kappa shape index (κ1) is 16.5. The Morgan fingerprint density at radius 3 is 2.50 bits per heavy atom. The first-order valence-electron chi connectivity index (χ1n) is 7.53. The normalized spacial score (nSPS) is 21.6. The van der Waals surface area contributed by atoms with E-state index in [9.17, 15) is 9.59 Å². The van der Waals surface area contributed by atoms with Crippen LogP contribution < -0.4 is 5.32 Å². The molecule has 22 heavy (non-hydrogen) atoms. The lowest BCUT2D eigenvalue weighted by Crippen LogP contribution is -2.42. The van der Waals surface area contributed by atoms with Crippen LogP contribution in [-0.2, 0) is 19.7 Å². The molecule has 1 aromatic carbocycles. The summed E-state index contributed by atoms with van der Waals surface area (Å²) >= 11 is 0. The number of amides is 1. The summed E-state index contributed by atoms with van der Waals surface area (Å²) in [5, 5.41) is 11.8. The molecule has 1 fully saturated rings. The summed E-state index contributed by atoms with van der Waals surface area (Å²) < 4.78 is 5.27. The van der Waals surface area contributed by atoms with Gasteiger partial charge >= 0.3 is 5.97 Å². The van der Waals surface area contributed by atoms with Crippen LogP contribution in [0.1, 0.15) is 37.8 Å². The van der Waals surface area contributed by atoms with Gasteiger partial charge in [-0.3, -0.25) is 4.79 Å². The van der Waals surface area contributed by atoms with E-state index in [1.54, 1.807) is 0 Å². The maximum absolute atomic E-state index is 12.1. The van der Waals surface area contributed by atoms with Gasteiger partial charge in [0.1, 0.15) is 6.10 Å². The van der Waals surface area contributed by atoms with Crippen LogP contribution in [-0.4, -0.2) is 35.7 Å². The second-order valence-corrected chi connectivity index (χ2v) is 6.45. The van der Waals surface area contributed by atoms with Crippen molar-refractivity contribution in [3.8, 4) is 0 Å². The van der Waals surface area contributed by atoms with Crippen LogP contribution in [0.15, 0.2) is 24.3 Å². The van der Waals surface area contributed by atoms with Crippen molar-refractivity contribution in [2.45, 2.75) is 51.2 Å². The first-order valence-corrected chi connectivity index (χ1v) is 7.53. The van der Waals surface area contributed by atoms with Gasteiger partial charge in [-0.05, 0) is 30.9 Å². The standard InChI is InChI=1S/C17H23NO4/c1-11-6-4-5-7-12(11)17(2,3)10-18-15(19)13-8-9-14(22-13)16(20)21/h4-7,13-14H,8-10H2,1-3H3,(H,18,19)(H,20,21)/t13-,14+/m0/s1. The number of carboxylic acid groups (broad SMARTS) is 1. The van der Waals surface area contributed by atoms with Crippen molar-refractivity contribution in [2.24, 2.45) is 0 Å². The van der Waals surface area contributed by atoms with E-state index in [4.69, 9.17) is 9.84 Å². The average molecular weight is 305 g/mol. The van der Waals surface area contributed by atoms with E-state index in [-0.39, 0.29) is 11.3 Å². The lowest BCUT2D eigenvalue weighted by Gasteiger charge is -2.28. The summed E-state index contributed by atoms with van der Waals surface area (Å²) in [5.74, 6) is -1.24. The lowest BCUT2D eigenvalue weighted by molar-refractivity contribution is -0.151. The average Bonchev–Trinajstić information content (AvgIpc) is 2.95. The Kier molecular flexibility index (Phi) is 4.86. The molecular weight excluding hydrogens is 282 g/mol. The Hall–Kier alpha value is -1.88. The van der Waals surface area contributed by atoms with Crippen LogP contribution in [0.5, 0.6) is 0 Å². The Bertz CT molecular complexity index is 568. The molecule has 0 spiro atoms. The number of hydrogen-bond acceptors (Lipinski definition) is 3. The largest absolute Gasteiger partial charge is 0.479 e. The van der Waals surface area contributed by atoms with Gasteiger partial charge in [-0.25, -0.2) is 4.79 Å². The first-order chi connectivity index (χ1) is 10.3. The van der Waals surface area contributed by atoms with E-state index in [0.717, 1.165) is 0 Å². The maximum Gasteiger partial charge on any atom is 0.332 e. The summed E-state index contributed by atoms with van der Waals surface area (Å²) in [6, 6.07) is 8.10. The predicted octanol–water partition coefficient (Wildman–Crippen LogP) is 2.02. The fraction of sp³-hybridized carbons (Fsp3) is 0.529. The Balaban J connectivity index is 1.94. The monoisotopic (exact) mass is 305 g/mol. The van der Waals surface area contributed by atoms with Crippen molar-refractivity contribution in [2.75, 3.05) is 6.54 Å². The highest BCUT2D eigenvalue weighted by Crippen LogP contribution is 2.26. The second-order valence-electron chi connectivity index (χ2n) is 6.45. The highest BCUT2D eigenvalue weighted by molar-refractivity contribution is 5.82. The van der Waals surface area contributed by atoms with Gasteiger partial charge in [0.2, 0.25) is 5.91 Å². The number of aliphatic carboxylic acids is 1. The van der Waals surface area contributed by atoms with Crippen molar-refractivity contribution in [1.29, 1.82) is 0 Å². The molecule has 0 aromatic heterocycles. The van der Waals surface area contributed by atoms with Crippen molar-refractivity contribution in [3.05, 3.63) is 35.4 Å². The molecule has 0 bridgehead atoms. The van der Waals surface area contributed by atoms with E-state index in [0.29, 0.717) is 19.4 Å². The van der Waals surface area contributed by atoms with E-state index in [1.165, 1.54) is 11.1 Å². The van der Waals surface area contributed by atoms with Gasteiger partial charge in [0, 0.05) is 12.0 Å². The molecule has 1 aliphatic heterocycles. The van der Waals surface area contributed by atoms with Gasteiger partial charge in [-0.1, -0.05) is 38.1 Å². The number of hydrogen-bond donors (Lipinski definition) is 2. The molecule has 2 atom stereocenters. The van der Waals surface area contributed by atoms with Gasteiger partial charge in [-0.15, -0.1) is 0 Å².